The zero-order valence-electron chi connectivity index (χ0n) is 10.5. The molecule has 0 unspecified atom stereocenters. The van der Waals surface area contributed by atoms with Gasteiger partial charge in [-0.05, 0) is 18.6 Å². The molecule has 0 saturated carbocycles. The Labute approximate surface area is 116 Å². The highest BCUT2D eigenvalue weighted by molar-refractivity contribution is 6.17. The Morgan fingerprint density at radius 3 is 2.84 bits per heavy atom. The Morgan fingerprint density at radius 2 is 2.05 bits per heavy atom. The van der Waals surface area contributed by atoms with Gasteiger partial charge < -0.3 is 14.5 Å². The molecular weight excluding hydrogens is 266 g/mol. The van der Waals surface area contributed by atoms with Gasteiger partial charge >= 0.3 is 6.01 Å². The standard InChI is InChI=1S/C13H16ClN3O2/c14-8-7-12-16-17-13(19-12)15-9-4-10-18-11-5-2-1-3-6-11/h1-3,5-6H,4,7-10H2,(H,15,17). The molecule has 1 N–H and O–H groups in total. The Morgan fingerprint density at radius 1 is 1.21 bits per heavy atom. The first-order chi connectivity index (χ1) is 9.38. The number of nitrogens with one attached hydrogen (secondary N) is 1. The number of anilines is 1. The Hall–Kier alpha value is -1.75. The first kappa shape index (κ1) is 13.7. The molecule has 2 aromatic rings. The summed E-state index contributed by atoms with van der Waals surface area (Å²) in [5.74, 6) is 1.91. The molecule has 0 bridgehead atoms. The van der Waals surface area contributed by atoms with Gasteiger partial charge in [-0.3, -0.25) is 0 Å². The summed E-state index contributed by atoms with van der Waals surface area (Å²) in [4.78, 5) is 0. The first-order valence-electron chi connectivity index (χ1n) is 6.18. The van der Waals surface area contributed by atoms with E-state index < -0.39 is 0 Å². The molecule has 1 aromatic heterocycles. The van der Waals surface area contributed by atoms with E-state index in [1.165, 1.54) is 0 Å². The van der Waals surface area contributed by atoms with Crippen molar-refractivity contribution in [2.75, 3.05) is 24.3 Å². The second-order valence-corrected chi connectivity index (χ2v) is 4.26. The number of nitrogens with zero attached hydrogens (tertiary/aromatic N) is 2. The van der Waals surface area contributed by atoms with Crippen molar-refractivity contribution in [3.8, 4) is 5.75 Å². The lowest BCUT2D eigenvalue weighted by Gasteiger charge is -2.05. The molecule has 0 atom stereocenters. The van der Waals surface area contributed by atoms with Crippen molar-refractivity contribution in [1.82, 2.24) is 10.2 Å². The fraction of sp³-hybridized carbons (Fsp3) is 0.385. The van der Waals surface area contributed by atoms with E-state index in [4.69, 9.17) is 20.8 Å². The van der Waals surface area contributed by atoms with Gasteiger partial charge in [-0.1, -0.05) is 23.3 Å². The number of aromatic nitrogens is 2. The van der Waals surface area contributed by atoms with Crippen molar-refractivity contribution in [2.24, 2.45) is 0 Å². The molecule has 0 fully saturated rings. The SMILES string of the molecule is ClCCc1nnc(NCCCOc2ccccc2)o1. The number of benzene rings is 1. The number of alkyl halides is 1. The van der Waals surface area contributed by atoms with Gasteiger partial charge in [0.2, 0.25) is 5.89 Å². The molecule has 19 heavy (non-hydrogen) atoms. The van der Waals surface area contributed by atoms with Crippen molar-refractivity contribution >= 4 is 17.6 Å². The van der Waals surface area contributed by atoms with Crippen LogP contribution < -0.4 is 10.1 Å². The van der Waals surface area contributed by atoms with Crippen molar-refractivity contribution in [3.05, 3.63) is 36.2 Å². The molecule has 2 rings (SSSR count). The minimum atomic E-state index is 0.430. The molecule has 102 valence electrons. The zero-order chi connectivity index (χ0) is 13.3. The van der Waals surface area contributed by atoms with Gasteiger partial charge in [-0.2, -0.15) is 0 Å². The van der Waals surface area contributed by atoms with Gasteiger partial charge in [0, 0.05) is 18.8 Å². The van der Waals surface area contributed by atoms with Crippen LogP contribution in [0.5, 0.6) is 5.75 Å². The third-order valence-corrected chi connectivity index (χ3v) is 2.57. The maximum atomic E-state index is 5.58. The number of hydrogen-bond donors (Lipinski definition) is 1. The third kappa shape index (κ3) is 4.79. The van der Waals surface area contributed by atoms with Crippen molar-refractivity contribution in [3.63, 3.8) is 0 Å². The third-order valence-electron chi connectivity index (χ3n) is 2.38. The number of hydrogen-bond acceptors (Lipinski definition) is 5. The summed E-state index contributed by atoms with van der Waals surface area (Å²) in [5.41, 5.74) is 0. The highest BCUT2D eigenvalue weighted by Crippen LogP contribution is 2.09. The van der Waals surface area contributed by atoms with Gasteiger partial charge in [0.15, 0.2) is 0 Å². The van der Waals surface area contributed by atoms with Gasteiger partial charge in [0.05, 0.1) is 6.61 Å². The van der Waals surface area contributed by atoms with Crippen LogP contribution in [0.15, 0.2) is 34.7 Å². The molecule has 0 saturated heterocycles. The summed E-state index contributed by atoms with van der Waals surface area (Å²) in [6.07, 6.45) is 1.44. The molecule has 0 aliphatic rings. The second-order valence-electron chi connectivity index (χ2n) is 3.88. The highest BCUT2D eigenvalue weighted by atomic mass is 35.5. The monoisotopic (exact) mass is 281 g/mol. The van der Waals surface area contributed by atoms with E-state index in [1.807, 2.05) is 30.3 Å². The Kier molecular flexibility index (Phi) is 5.49. The number of rotatable bonds is 8. The van der Waals surface area contributed by atoms with Gasteiger partial charge in [0.1, 0.15) is 5.75 Å². The highest BCUT2D eigenvalue weighted by Gasteiger charge is 2.03. The van der Waals surface area contributed by atoms with E-state index in [0.717, 1.165) is 18.7 Å². The second kappa shape index (κ2) is 7.63. The summed E-state index contributed by atoms with van der Waals surface area (Å²) < 4.78 is 10.9. The van der Waals surface area contributed by atoms with E-state index in [9.17, 15) is 0 Å². The van der Waals surface area contributed by atoms with Crippen LogP contribution in [0.25, 0.3) is 0 Å². The molecule has 0 aliphatic carbocycles. The average Bonchev–Trinajstić information content (AvgIpc) is 2.88. The molecule has 0 spiro atoms. The van der Waals surface area contributed by atoms with E-state index in [2.05, 4.69) is 15.5 Å². The lowest BCUT2D eigenvalue weighted by atomic mass is 10.3. The minimum Gasteiger partial charge on any atom is -0.494 e. The summed E-state index contributed by atoms with van der Waals surface area (Å²) in [6, 6.07) is 10.2. The van der Waals surface area contributed by atoms with Crippen LogP contribution in [0.2, 0.25) is 0 Å². The number of halogens is 1. The Balaban J connectivity index is 1.61. The van der Waals surface area contributed by atoms with Crippen molar-refractivity contribution < 1.29 is 9.15 Å². The van der Waals surface area contributed by atoms with Gasteiger partial charge in [0.25, 0.3) is 0 Å². The number of aryl methyl sites for hydroxylation is 1. The summed E-state index contributed by atoms with van der Waals surface area (Å²) >= 11 is 5.58. The van der Waals surface area contributed by atoms with E-state index in [0.29, 0.717) is 30.8 Å². The van der Waals surface area contributed by atoms with Crippen molar-refractivity contribution in [1.29, 1.82) is 0 Å². The summed E-state index contributed by atoms with van der Waals surface area (Å²) in [7, 11) is 0. The lowest BCUT2D eigenvalue weighted by molar-refractivity contribution is 0.314. The normalized spacial score (nSPS) is 10.4. The fourth-order valence-corrected chi connectivity index (χ4v) is 1.64. The van der Waals surface area contributed by atoms with Crippen LogP contribution in [0.1, 0.15) is 12.3 Å². The van der Waals surface area contributed by atoms with Crippen LogP contribution in [0, 0.1) is 0 Å². The molecule has 0 amide bonds. The van der Waals surface area contributed by atoms with Crippen LogP contribution in [0.3, 0.4) is 0 Å². The maximum absolute atomic E-state index is 5.58. The minimum absolute atomic E-state index is 0.430. The topological polar surface area (TPSA) is 60.2 Å². The number of para-hydroxylation sites is 1. The van der Waals surface area contributed by atoms with E-state index >= 15 is 0 Å². The average molecular weight is 282 g/mol. The van der Waals surface area contributed by atoms with Gasteiger partial charge in [-0.15, -0.1) is 16.7 Å². The van der Waals surface area contributed by atoms with Crippen molar-refractivity contribution in [2.45, 2.75) is 12.8 Å². The number of ether oxygens (including phenoxy) is 1. The summed E-state index contributed by atoms with van der Waals surface area (Å²) in [6.45, 7) is 1.36. The molecule has 1 aromatic carbocycles. The predicted octanol–water partition coefficient (Wildman–Crippen LogP) is 2.73. The van der Waals surface area contributed by atoms with Gasteiger partial charge in [-0.25, -0.2) is 0 Å². The van der Waals surface area contributed by atoms with Crippen LogP contribution in [-0.4, -0.2) is 29.2 Å². The Bertz CT molecular complexity index is 476. The first-order valence-corrected chi connectivity index (χ1v) is 6.72. The summed E-state index contributed by atoms with van der Waals surface area (Å²) in [5, 5.41) is 10.8. The molecular formula is C13H16ClN3O2. The van der Waals surface area contributed by atoms with E-state index in [-0.39, 0.29) is 0 Å². The van der Waals surface area contributed by atoms with Crippen LogP contribution in [0.4, 0.5) is 6.01 Å². The zero-order valence-corrected chi connectivity index (χ0v) is 11.3. The van der Waals surface area contributed by atoms with Crippen LogP contribution >= 0.6 is 11.6 Å². The smallest absolute Gasteiger partial charge is 0.315 e. The largest absolute Gasteiger partial charge is 0.494 e. The molecule has 5 nitrogen and oxygen atoms in total. The molecule has 1 heterocycles. The maximum Gasteiger partial charge on any atom is 0.315 e. The quantitative estimate of drug-likeness (QED) is 0.595. The van der Waals surface area contributed by atoms with E-state index in [1.54, 1.807) is 0 Å². The molecule has 6 heteroatoms. The predicted molar refractivity (Wildman–Crippen MR) is 73.8 cm³/mol. The molecule has 0 aliphatic heterocycles. The molecule has 0 radical (unpaired) electrons. The van der Waals surface area contributed by atoms with Crippen LogP contribution in [-0.2, 0) is 6.42 Å². The fourth-order valence-electron chi connectivity index (χ4n) is 1.48. The lowest BCUT2D eigenvalue weighted by Crippen LogP contribution is -2.07.